The van der Waals surface area contributed by atoms with E-state index >= 15 is 0 Å². The van der Waals surface area contributed by atoms with Gasteiger partial charge >= 0.3 is 0 Å². The molecular formula is C58H39NS. The van der Waals surface area contributed by atoms with Gasteiger partial charge in [-0.2, -0.15) is 0 Å². The Morgan fingerprint density at radius 2 is 0.700 bits per heavy atom. The summed E-state index contributed by atoms with van der Waals surface area (Å²) in [7, 11) is 0. The average molecular weight is 782 g/mol. The number of benzene rings is 10. The van der Waals surface area contributed by atoms with Gasteiger partial charge in [0, 0.05) is 42.4 Å². The molecule has 1 nitrogen and oxygen atoms in total. The van der Waals surface area contributed by atoms with Gasteiger partial charge in [-0.05, 0) is 68.4 Å². The molecule has 2 heteroatoms. The summed E-state index contributed by atoms with van der Waals surface area (Å²) in [5, 5.41) is 5.05. The van der Waals surface area contributed by atoms with E-state index in [4.69, 9.17) is 0 Å². The molecule has 0 radical (unpaired) electrons. The number of hydrogen-bond acceptors (Lipinski definition) is 2. The Bertz CT molecular complexity index is 3300. The van der Waals surface area contributed by atoms with Crippen LogP contribution in [-0.2, 0) is 0 Å². The smallest absolute Gasteiger partial charge is 0.0541 e. The maximum Gasteiger partial charge on any atom is 0.0541 e. The first-order chi connectivity index (χ1) is 29.8. The lowest BCUT2D eigenvalue weighted by atomic mass is 9.90. The number of thiophene rings is 1. The first-order valence-electron chi connectivity index (χ1n) is 20.5. The van der Waals surface area contributed by atoms with Crippen LogP contribution < -0.4 is 4.90 Å². The molecule has 0 fully saturated rings. The summed E-state index contributed by atoms with van der Waals surface area (Å²) < 4.78 is 2.60. The molecule has 0 spiro atoms. The van der Waals surface area contributed by atoms with Crippen LogP contribution in [0.15, 0.2) is 237 Å². The number of rotatable bonds is 8. The summed E-state index contributed by atoms with van der Waals surface area (Å²) in [4.78, 5) is 2.52. The Balaban J connectivity index is 1.18. The first-order valence-corrected chi connectivity index (χ1v) is 21.3. The Kier molecular flexibility index (Phi) is 9.11. The zero-order valence-corrected chi connectivity index (χ0v) is 33.7. The van der Waals surface area contributed by atoms with Gasteiger partial charge in [-0.1, -0.05) is 212 Å². The van der Waals surface area contributed by atoms with E-state index in [2.05, 4.69) is 241 Å². The van der Waals surface area contributed by atoms with Crippen LogP contribution in [0.1, 0.15) is 0 Å². The van der Waals surface area contributed by atoms with Crippen LogP contribution in [0.2, 0.25) is 0 Å². The third-order valence-corrected chi connectivity index (χ3v) is 12.9. The van der Waals surface area contributed by atoms with Crippen molar-refractivity contribution in [2.24, 2.45) is 0 Å². The molecular weight excluding hydrogens is 743 g/mol. The molecule has 0 saturated carbocycles. The maximum atomic E-state index is 2.52. The fourth-order valence-electron chi connectivity index (χ4n) is 8.95. The zero-order valence-electron chi connectivity index (χ0n) is 32.9. The van der Waals surface area contributed by atoms with Gasteiger partial charge < -0.3 is 4.90 Å². The van der Waals surface area contributed by atoms with Crippen LogP contribution in [0.3, 0.4) is 0 Å². The predicted molar refractivity (Wildman–Crippen MR) is 259 cm³/mol. The number of nitrogens with zero attached hydrogens (tertiary/aromatic N) is 1. The molecule has 11 aromatic rings. The summed E-state index contributed by atoms with van der Waals surface area (Å²) >= 11 is 1.88. The van der Waals surface area contributed by atoms with E-state index in [0.29, 0.717) is 0 Å². The zero-order chi connectivity index (χ0) is 39.8. The highest BCUT2D eigenvalue weighted by Crippen LogP contribution is 2.51. The van der Waals surface area contributed by atoms with Crippen molar-refractivity contribution in [1.82, 2.24) is 0 Å². The van der Waals surface area contributed by atoms with Gasteiger partial charge in [-0.3, -0.25) is 0 Å². The van der Waals surface area contributed by atoms with Crippen molar-refractivity contribution in [1.29, 1.82) is 0 Å². The van der Waals surface area contributed by atoms with E-state index in [1.165, 1.54) is 69.9 Å². The van der Waals surface area contributed by atoms with Crippen LogP contribution in [0.5, 0.6) is 0 Å². The van der Waals surface area contributed by atoms with Crippen molar-refractivity contribution < 1.29 is 0 Å². The molecule has 0 N–H and O–H groups in total. The van der Waals surface area contributed by atoms with Crippen LogP contribution in [0.25, 0.3) is 86.6 Å². The van der Waals surface area contributed by atoms with Gasteiger partial charge in [0.25, 0.3) is 0 Å². The molecule has 11 rings (SSSR count). The van der Waals surface area contributed by atoms with Crippen molar-refractivity contribution >= 4 is 59.3 Å². The molecule has 0 aliphatic rings. The fraction of sp³-hybridized carbons (Fsp3) is 0. The maximum absolute atomic E-state index is 2.52. The lowest BCUT2D eigenvalue weighted by Crippen LogP contribution is -2.13. The second-order valence-electron chi connectivity index (χ2n) is 15.2. The molecule has 0 aliphatic heterocycles. The Morgan fingerprint density at radius 1 is 0.267 bits per heavy atom. The van der Waals surface area contributed by atoms with E-state index in [1.54, 1.807) is 0 Å². The number of anilines is 3. The second kappa shape index (κ2) is 15.3. The average Bonchev–Trinajstić information content (AvgIpc) is 3.72. The molecule has 1 aromatic heterocycles. The quantitative estimate of drug-likeness (QED) is 0.148. The normalized spacial score (nSPS) is 11.3. The van der Waals surface area contributed by atoms with Gasteiger partial charge in [0.1, 0.15) is 0 Å². The number of para-hydroxylation sites is 3. The van der Waals surface area contributed by atoms with Gasteiger partial charge in [-0.15, -0.1) is 11.3 Å². The molecule has 282 valence electrons. The lowest BCUT2D eigenvalue weighted by molar-refractivity contribution is 1.29. The van der Waals surface area contributed by atoms with Crippen LogP contribution in [0, 0.1) is 0 Å². The molecule has 10 aromatic carbocycles. The van der Waals surface area contributed by atoms with Crippen molar-refractivity contribution in [3.63, 3.8) is 0 Å². The summed E-state index contributed by atoms with van der Waals surface area (Å²) in [5.74, 6) is 0. The monoisotopic (exact) mass is 781 g/mol. The highest BCUT2D eigenvalue weighted by Gasteiger charge is 2.25. The minimum Gasteiger partial charge on any atom is -0.309 e. The number of hydrogen-bond donors (Lipinski definition) is 0. The Labute approximate surface area is 354 Å². The summed E-state index contributed by atoms with van der Waals surface area (Å²) in [6.07, 6.45) is 0. The van der Waals surface area contributed by atoms with Crippen LogP contribution >= 0.6 is 11.3 Å². The Morgan fingerprint density at radius 3 is 1.40 bits per heavy atom. The van der Waals surface area contributed by atoms with Crippen LogP contribution in [-0.4, -0.2) is 0 Å². The highest BCUT2D eigenvalue weighted by atomic mass is 32.1. The molecule has 0 atom stereocenters. The SMILES string of the molecule is c1ccc(-c2ccc(-c3ccccc3N(c3ccccc3-c3cccc4c3sc3ccccc34)c3ccccc3-c3cccc4cccc(-c5ccccc5)c34)cc2)cc1. The molecule has 0 unspecified atom stereocenters. The van der Waals surface area contributed by atoms with Gasteiger partial charge in [0.05, 0.1) is 17.1 Å². The van der Waals surface area contributed by atoms with Gasteiger partial charge in [-0.25, -0.2) is 0 Å². The van der Waals surface area contributed by atoms with Crippen molar-refractivity contribution in [3.8, 4) is 55.6 Å². The minimum atomic E-state index is 1.11. The van der Waals surface area contributed by atoms with Crippen molar-refractivity contribution in [3.05, 3.63) is 237 Å². The molecule has 0 bridgehead atoms. The molecule has 60 heavy (non-hydrogen) atoms. The van der Waals surface area contributed by atoms with Crippen molar-refractivity contribution in [2.75, 3.05) is 4.90 Å². The van der Waals surface area contributed by atoms with E-state index in [-0.39, 0.29) is 0 Å². The topological polar surface area (TPSA) is 3.24 Å². The van der Waals surface area contributed by atoms with Gasteiger partial charge in [0.15, 0.2) is 0 Å². The van der Waals surface area contributed by atoms with Crippen molar-refractivity contribution in [2.45, 2.75) is 0 Å². The third kappa shape index (κ3) is 6.26. The predicted octanol–water partition coefficient (Wildman–Crippen LogP) is 17.0. The highest BCUT2D eigenvalue weighted by molar-refractivity contribution is 7.26. The minimum absolute atomic E-state index is 1.11. The summed E-state index contributed by atoms with van der Waals surface area (Å²) in [6, 6.07) is 86.2. The van der Waals surface area contributed by atoms with E-state index in [1.807, 2.05) is 11.3 Å². The first kappa shape index (κ1) is 35.6. The number of fused-ring (bicyclic) bond motifs is 4. The second-order valence-corrected chi connectivity index (χ2v) is 16.2. The summed E-state index contributed by atoms with van der Waals surface area (Å²) in [5.41, 5.74) is 15.3. The van der Waals surface area contributed by atoms with Gasteiger partial charge in [0.2, 0.25) is 0 Å². The van der Waals surface area contributed by atoms with E-state index in [9.17, 15) is 0 Å². The fourth-order valence-corrected chi connectivity index (χ4v) is 10.2. The van der Waals surface area contributed by atoms with E-state index in [0.717, 1.165) is 33.8 Å². The molecule has 0 aliphatic carbocycles. The molecule has 0 saturated heterocycles. The van der Waals surface area contributed by atoms with E-state index < -0.39 is 0 Å². The van der Waals surface area contributed by atoms with Crippen LogP contribution in [0.4, 0.5) is 17.1 Å². The third-order valence-electron chi connectivity index (χ3n) is 11.7. The lowest BCUT2D eigenvalue weighted by Gasteiger charge is -2.32. The Hall–Kier alpha value is -7.52. The largest absolute Gasteiger partial charge is 0.309 e. The summed E-state index contributed by atoms with van der Waals surface area (Å²) in [6.45, 7) is 0. The molecule has 1 heterocycles. The molecule has 0 amide bonds. The standard InChI is InChI=1S/C58H39NS/c1-3-18-40(19-4-1)41-36-38-43(39-37-41)45-24-7-11-32-53(45)59(55-34-13-9-26-48(55)51-30-17-31-52-49-27-10-14-35-56(49)60-58(51)52)54-33-12-8-25-47(54)50-29-16-23-44-22-15-28-46(57(44)50)42-20-5-2-6-21-42/h1-39H.